The van der Waals surface area contributed by atoms with Crippen molar-refractivity contribution in [3.8, 4) is 18.1 Å². The highest BCUT2D eigenvalue weighted by Crippen LogP contribution is 2.16. The minimum absolute atomic E-state index is 0.186. The number of hydrogen-bond acceptors (Lipinski definition) is 2. The van der Waals surface area contributed by atoms with Crippen LogP contribution in [0.5, 0.6) is 5.75 Å². The molecule has 0 aromatic heterocycles. The van der Waals surface area contributed by atoms with Crippen LogP contribution in [0.25, 0.3) is 0 Å². The van der Waals surface area contributed by atoms with Gasteiger partial charge in [-0.15, -0.1) is 6.42 Å². The van der Waals surface area contributed by atoms with Crippen molar-refractivity contribution < 1.29 is 14.6 Å². The van der Waals surface area contributed by atoms with Crippen LogP contribution < -0.4 is 4.74 Å². The van der Waals surface area contributed by atoms with E-state index in [2.05, 4.69) is 5.92 Å². The molecule has 1 rings (SSSR count). The minimum Gasteiger partial charge on any atom is -0.481 e. The predicted molar refractivity (Wildman–Crippen MR) is 52.5 cm³/mol. The maximum atomic E-state index is 10.7. The van der Waals surface area contributed by atoms with Gasteiger partial charge < -0.3 is 9.84 Å². The molecule has 0 fully saturated rings. The Balaban J connectivity index is 2.90. The number of rotatable bonds is 3. The van der Waals surface area contributed by atoms with Crippen molar-refractivity contribution in [2.24, 2.45) is 0 Å². The van der Waals surface area contributed by atoms with E-state index in [0.29, 0.717) is 11.3 Å². The molecule has 0 unspecified atom stereocenters. The molecule has 1 aromatic rings. The second kappa shape index (κ2) is 4.33. The first-order valence-electron chi connectivity index (χ1n) is 4.05. The van der Waals surface area contributed by atoms with E-state index < -0.39 is 5.97 Å². The lowest BCUT2D eigenvalue weighted by Gasteiger charge is -2.05. The molecule has 14 heavy (non-hydrogen) atoms. The average molecular weight is 190 g/mol. The van der Waals surface area contributed by atoms with Crippen molar-refractivity contribution in [3.63, 3.8) is 0 Å². The Morgan fingerprint density at radius 1 is 1.64 bits per heavy atom. The van der Waals surface area contributed by atoms with E-state index in [1.807, 2.05) is 0 Å². The Hall–Kier alpha value is -1.95. The van der Waals surface area contributed by atoms with Crippen LogP contribution in [0.15, 0.2) is 18.2 Å². The fraction of sp³-hybridized carbons (Fsp3) is 0.182. The van der Waals surface area contributed by atoms with Crippen molar-refractivity contribution >= 4 is 5.97 Å². The van der Waals surface area contributed by atoms with Gasteiger partial charge in [0.1, 0.15) is 12.4 Å². The molecule has 0 aliphatic rings. The van der Waals surface area contributed by atoms with Crippen molar-refractivity contribution in [2.45, 2.75) is 6.92 Å². The number of ether oxygens (including phenoxy) is 1. The number of aryl methyl sites for hydroxylation is 1. The van der Waals surface area contributed by atoms with Gasteiger partial charge in [0.05, 0.1) is 5.56 Å². The Kier molecular flexibility index (Phi) is 3.14. The number of carboxylic acid groups (broad SMARTS) is 1. The predicted octanol–water partition coefficient (Wildman–Crippen LogP) is 1.71. The summed E-state index contributed by atoms with van der Waals surface area (Å²) in [5.41, 5.74) is 0.935. The lowest BCUT2D eigenvalue weighted by Crippen LogP contribution is -2.00. The summed E-state index contributed by atoms with van der Waals surface area (Å²) in [6.07, 6.45) is 5.02. The van der Waals surface area contributed by atoms with Crippen LogP contribution in [0.4, 0.5) is 0 Å². The van der Waals surface area contributed by atoms with Crippen LogP contribution in [0, 0.1) is 19.3 Å². The molecule has 0 amide bonds. The topological polar surface area (TPSA) is 46.5 Å². The van der Waals surface area contributed by atoms with Crippen molar-refractivity contribution in [2.75, 3.05) is 6.61 Å². The molecule has 3 nitrogen and oxygen atoms in total. The third-order valence-corrected chi connectivity index (χ3v) is 1.75. The van der Waals surface area contributed by atoms with Crippen molar-refractivity contribution in [3.05, 3.63) is 29.3 Å². The van der Waals surface area contributed by atoms with Gasteiger partial charge in [-0.2, -0.15) is 0 Å². The molecule has 0 saturated carbocycles. The van der Waals surface area contributed by atoms with Crippen molar-refractivity contribution in [1.82, 2.24) is 0 Å². The molecule has 3 heteroatoms. The van der Waals surface area contributed by atoms with E-state index in [4.69, 9.17) is 16.3 Å². The molecule has 1 N–H and O–H groups in total. The quantitative estimate of drug-likeness (QED) is 0.738. The largest absolute Gasteiger partial charge is 0.481 e. The van der Waals surface area contributed by atoms with Gasteiger partial charge in [0.25, 0.3) is 0 Å². The normalized spacial score (nSPS) is 9.14. The summed E-state index contributed by atoms with van der Waals surface area (Å²) in [5.74, 6) is 1.98. The summed E-state index contributed by atoms with van der Waals surface area (Å²) >= 11 is 0. The zero-order valence-corrected chi connectivity index (χ0v) is 7.78. The second-order valence-corrected chi connectivity index (χ2v) is 2.77. The van der Waals surface area contributed by atoms with Gasteiger partial charge in [0, 0.05) is 0 Å². The number of benzene rings is 1. The highest BCUT2D eigenvalue weighted by atomic mass is 16.5. The van der Waals surface area contributed by atoms with Gasteiger partial charge in [-0.1, -0.05) is 5.92 Å². The molecule has 0 spiro atoms. The summed E-state index contributed by atoms with van der Waals surface area (Å²) in [4.78, 5) is 10.7. The molecule has 0 aliphatic heterocycles. The summed E-state index contributed by atoms with van der Waals surface area (Å²) < 4.78 is 5.14. The number of hydrogen-bond donors (Lipinski definition) is 1. The molecule has 0 aliphatic carbocycles. The monoisotopic (exact) mass is 190 g/mol. The molecular formula is C11H10O3. The van der Waals surface area contributed by atoms with Crippen LogP contribution in [-0.4, -0.2) is 17.7 Å². The molecule has 0 radical (unpaired) electrons. The van der Waals surface area contributed by atoms with E-state index in [-0.39, 0.29) is 12.2 Å². The lowest BCUT2D eigenvalue weighted by atomic mass is 10.1. The number of carbonyl (C=O) groups is 1. The van der Waals surface area contributed by atoms with Crippen molar-refractivity contribution in [1.29, 1.82) is 0 Å². The smallest absolute Gasteiger partial charge is 0.335 e. The Bertz CT molecular complexity index is 388. The summed E-state index contributed by atoms with van der Waals surface area (Å²) in [7, 11) is 0. The van der Waals surface area contributed by atoms with Gasteiger partial charge in [-0.05, 0) is 30.7 Å². The van der Waals surface area contributed by atoms with Crippen LogP contribution in [-0.2, 0) is 0 Å². The molecule has 0 atom stereocenters. The molecule has 1 aromatic carbocycles. The van der Waals surface area contributed by atoms with Gasteiger partial charge >= 0.3 is 5.97 Å². The molecule has 0 saturated heterocycles. The Morgan fingerprint density at radius 2 is 2.36 bits per heavy atom. The summed E-state index contributed by atoms with van der Waals surface area (Å²) in [5, 5.41) is 8.76. The first-order valence-corrected chi connectivity index (χ1v) is 4.05. The average Bonchev–Trinajstić information content (AvgIpc) is 2.14. The Morgan fingerprint density at radius 3 is 2.86 bits per heavy atom. The molecule has 0 bridgehead atoms. The third-order valence-electron chi connectivity index (χ3n) is 1.75. The first-order chi connectivity index (χ1) is 6.65. The third kappa shape index (κ3) is 2.27. The number of carboxylic acids is 1. The standard InChI is InChI=1S/C11H10O3/c1-3-6-14-9-4-5-10(11(12)13)8(2)7-9/h1,4-5,7H,6H2,2H3,(H,12,13). The van der Waals surface area contributed by atoms with E-state index in [9.17, 15) is 4.79 Å². The fourth-order valence-corrected chi connectivity index (χ4v) is 1.09. The zero-order chi connectivity index (χ0) is 10.6. The Labute approximate surface area is 82.3 Å². The first kappa shape index (κ1) is 10.1. The lowest BCUT2D eigenvalue weighted by molar-refractivity contribution is 0.0696. The van der Waals surface area contributed by atoms with Crippen LogP contribution in [0.1, 0.15) is 15.9 Å². The highest BCUT2D eigenvalue weighted by molar-refractivity contribution is 5.89. The molecular weight excluding hydrogens is 180 g/mol. The van der Waals surface area contributed by atoms with E-state index >= 15 is 0 Å². The fourth-order valence-electron chi connectivity index (χ4n) is 1.09. The molecule has 0 heterocycles. The van der Waals surface area contributed by atoms with Crippen LogP contribution in [0.3, 0.4) is 0 Å². The SMILES string of the molecule is C#CCOc1ccc(C(=O)O)c(C)c1. The van der Waals surface area contributed by atoms with Gasteiger partial charge in [0.15, 0.2) is 0 Å². The van der Waals surface area contributed by atoms with E-state index in [1.165, 1.54) is 6.07 Å². The maximum Gasteiger partial charge on any atom is 0.335 e. The van der Waals surface area contributed by atoms with Gasteiger partial charge in [-0.3, -0.25) is 0 Å². The zero-order valence-electron chi connectivity index (χ0n) is 7.78. The van der Waals surface area contributed by atoms with Crippen LogP contribution >= 0.6 is 0 Å². The number of aromatic carboxylic acids is 1. The number of terminal acetylenes is 1. The molecule has 72 valence electrons. The van der Waals surface area contributed by atoms with Gasteiger partial charge in [-0.25, -0.2) is 4.79 Å². The second-order valence-electron chi connectivity index (χ2n) is 2.77. The van der Waals surface area contributed by atoms with E-state index in [1.54, 1.807) is 19.1 Å². The summed E-state index contributed by atoms with van der Waals surface area (Å²) in [6.45, 7) is 1.90. The maximum absolute atomic E-state index is 10.7. The van der Waals surface area contributed by atoms with Crippen LogP contribution in [0.2, 0.25) is 0 Å². The minimum atomic E-state index is -0.939. The van der Waals surface area contributed by atoms with E-state index in [0.717, 1.165) is 0 Å². The summed E-state index contributed by atoms with van der Waals surface area (Å²) in [6, 6.07) is 4.75. The van der Waals surface area contributed by atoms with Gasteiger partial charge in [0.2, 0.25) is 0 Å². The highest BCUT2D eigenvalue weighted by Gasteiger charge is 2.06.